The highest BCUT2D eigenvalue weighted by Crippen LogP contribution is 2.20. The second-order valence-electron chi connectivity index (χ2n) is 7.03. The molecule has 0 spiro atoms. The molecule has 2 unspecified atom stereocenters. The zero-order chi connectivity index (χ0) is 22.1. The van der Waals surface area contributed by atoms with Crippen LogP contribution in [0, 0.1) is 0 Å². The molecule has 3 N–H and O–H groups in total. The fourth-order valence-corrected chi connectivity index (χ4v) is 3.22. The molecular weight excluding hydrogens is 391 g/mol. The van der Waals surface area contributed by atoms with Crippen molar-refractivity contribution < 1.29 is 23.9 Å². The van der Waals surface area contributed by atoms with Crippen LogP contribution in [0.5, 0.6) is 0 Å². The standard InChI is InChI=1S/C22H25FN2O5/c1-2-6-16(22(30)25-18(12-20(27)28)19(26)13-23)17-10-9-15(24-21(17)29)11-14-7-4-3-5-8-14/h3-5,7-10,16,18H,2,6,11-13H2,1H3,(H,24,29)(H,25,30)(H,27,28). The van der Waals surface area contributed by atoms with E-state index < -0.39 is 48.3 Å². The summed E-state index contributed by atoms with van der Waals surface area (Å²) in [5.74, 6) is -3.91. The Bertz CT molecular complexity index is 942. The number of carbonyl (C=O) groups is 3. The van der Waals surface area contributed by atoms with E-state index in [1.165, 1.54) is 0 Å². The number of Topliss-reactive ketones (excluding diaryl/α,β-unsaturated/α-hetero) is 1. The van der Waals surface area contributed by atoms with Gasteiger partial charge >= 0.3 is 5.97 Å². The summed E-state index contributed by atoms with van der Waals surface area (Å²) in [6, 6.07) is 11.4. The minimum absolute atomic E-state index is 0.216. The van der Waals surface area contributed by atoms with Gasteiger partial charge in [0.25, 0.3) is 5.56 Å². The number of carboxylic acids is 1. The maximum atomic E-state index is 12.7. The highest BCUT2D eigenvalue weighted by atomic mass is 19.1. The first kappa shape index (κ1) is 23.0. The predicted molar refractivity (Wildman–Crippen MR) is 109 cm³/mol. The Hall–Kier alpha value is -3.29. The number of carbonyl (C=O) groups excluding carboxylic acids is 2. The Kier molecular flexibility index (Phi) is 8.46. The lowest BCUT2D eigenvalue weighted by Crippen LogP contribution is -2.45. The third kappa shape index (κ3) is 6.37. The average molecular weight is 416 g/mol. The molecule has 0 saturated carbocycles. The highest BCUT2D eigenvalue weighted by molar-refractivity contribution is 5.94. The van der Waals surface area contributed by atoms with Crippen molar-refractivity contribution in [3.8, 4) is 0 Å². The highest BCUT2D eigenvalue weighted by Gasteiger charge is 2.29. The number of aromatic amines is 1. The quantitative estimate of drug-likeness (QED) is 0.520. The number of alkyl halides is 1. The maximum Gasteiger partial charge on any atom is 0.305 e. The van der Waals surface area contributed by atoms with E-state index in [1.807, 2.05) is 37.3 Å². The van der Waals surface area contributed by atoms with Crippen molar-refractivity contribution in [3.05, 3.63) is 69.6 Å². The maximum absolute atomic E-state index is 12.7. The molecule has 1 aromatic carbocycles. The van der Waals surface area contributed by atoms with Gasteiger partial charge in [0.2, 0.25) is 5.91 Å². The summed E-state index contributed by atoms with van der Waals surface area (Å²) in [7, 11) is 0. The zero-order valence-corrected chi connectivity index (χ0v) is 16.7. The van der Waals surface area contributed by atoms with Gasteiger partial charge in [-0.1, -0.05) is 49.7 Å². The molecule has 2 rings (SSSR count). The number of aliphatic carboxylic acids is 1. The van der Waals surface area contributed by atoms with E-state index in [1.54, 1.807) is 12.1 Å². The summed E-state index contributed by atoms with van der Waals surface area (Å²) in [6.45, 7) is 0.450. The molecule has 0 saturated heterocycles. The third-order valence-electron chi connectivity index (χ3n) is 4.72. The SMILES string of the molecule is CCCC(C(=O)NC(CC(=O)O)C(=O)CF)c1ccc(Cc2ccccc2)[nH]c1=O. The van der Waals surface area contributed by atoms with Gasteiger partial charge in [-0.05, 0) is 18.1 Å². The molecule has 0 aliphatic carbocycles. The zero-order valence-electron chi connectivity index (χ0n) is 16.7. The van der Waals surface area contributed by atoms with Crippen molar-refractivity contribution in [1.29, 1.82) is 0 Å². The molecule has 1 aromatic heterocycles. The molecule has 0 bridgehead atoms. The predicted octanol–water partition coefficient (Wildman–Crippen LogP) is 2.35. The van der Waals surface area contributed by atoms with E-state index in [0.717, 1.165) is 5.56 Å². The summed E-state index contributed by atoms with van der Waals surface area (Å²) < 4.78 is 12.7. The van der Waals surface area contributed by atoms with Crippen LogP contribution in [0.2, 0.25) is 0 Å². The molecule has 0 fully saturated rings. The first-order chi connectivity index (χ1) is 14.3. The van der Waals surface area contributed by atoms with E-state index in [2.05, 4.69) is 10.3 Å². The van der Waals surface area contributed by atoms with Crippen LogP contribution in [-0.4, -0.2) is 40.5 Å². The molecule has 7 nitrogen and oxygen atoms in total. The number of hydrogen-bond donors (Lipinski definition) is 3. The number of nitrogens with one attached hydrogen (secondary N) is 2. The van der Waals surface area contributed by atoms with Crippen LogP contribution in [-0.2, 0) is 20.8 Å². The number of aromatic nitrogens is 1. The summed E-state index contributed by atoms with van der Waals surface area (Å²) in [5.41, 5.74) is 1.49. The van der Waals surface area contributed by atoms with E-state index in [-0.39, 0.29) is 5.56 Å². The normalized spacial score (nSPS) is 12.7. The number of rotatable bonds is 11. The van der Waals surface area contributed by atoms with Crippen molar-refractivity contribution in [3.63, 3.8) is 0 Å². The van der Waals surface area contributed by atoms with Gasteiger partial charge in [0.05, 0.1) is 12.3 Å². The van der Waals surface area contributed by atoms with Crippen molar-refractivity contribution >= 4 is 17.7 Å². The minimum Gasteiger partial charge on any atom is -0.481 e. The number of pyridine rings is 1. The summed E-state index contributed by atoms with van der Waals surface area (Å²) in [4.78, 5) is 50.8. The van der Waals surface area contributed by atoms with Crippen molar-refractivity contribution in [2.45, 2.75) is 44.6 Å². The molecule has 2 aromatic rings. The molecule has 160 valence electrons. The monoisotopic (exact) mass is 416 g/mol. The minimum atomic E-state index is -1.48. The molecule has 0 aliphatic rings. The van der Waals surface area contributed by atoms with Gasteiger partial charge in [-0.2, -0.15) is 0 Å². The lowest BCUT2D eigenvalue weighted by Gasteiger charge is -2.20. The number of ketones is 1. The number of H-pyrrole nitrogens is 1. The first-order valence-corrected chi connectivity index (χ1v) is 9.72. The van der Waals surface area contributed by atoms with E-state index >= 15 is 0 Å². The van der Waals surface area contributed by atoms with Crippen LogP contribution < -0.4 is 10.9 Å². The molecular formula is C22H25FN2O5. The Morgan fingerprint density at radius 3 is 2.40 bits per heavy atom. The van der Waals surface area contributed by atoms with Crippen LogP contribution in [0.3, 0.4) is 0 Å². The number of carboxylic acid groups (broad SMARTS) is 1. The van der Waals surface area contributed by atoms with Crippen LogP contribution >= 0.6 is 0 Å². The Balaban J connectivity index is 2.23. The van der Waals surface area contributed by atoms with E-state index in [9.17, 15) is 23.6 Å². The third-order valence-corrected chi connectivity index (χ3v) is 4.72. The molecule has 2 atom stereocenters. The topological polar surface area (TPSA) is 116 Å². The van der Waals surface area contributed by atoms with Gasteiger partial charge in [0, 0.05) is 17.7 Å². The molecule has 0 aliphatic heterocycles. The summed E-state index contributed by atoms with van der Waals surface area (Å²) >= 11 is 0. The van der Waals surface area contributed by atoms with Crippen molar-refractivity contribution in [1.82, 2.24) is 10.3 Å². The van der Waals surface area contributed by atoms with E-state index in [0.29, 0.717) is 25.0 Å². The summed E-state index contributed by atoms with van der Waals surface area (Å²) in [6.07, 6.45) is 0.687. The molecule has 1 amide bonds. The fourth-order valence-electron chi connectivity index (χ4n) is 3.22. The van der Waals surface area contributed by atoms with E-state index in [4.69, 9.17) is 5.11 Å². The van der Waals surface area contributed by atoms with Gasteiger partial charge in [-0.25, -0.2) is 4.39 Å². The summed E-state index contributed by atoms with van der Waals surface area (Å²) in [5, 5.41) is 11.2. The molecule has 30 heavy (non-hydrogen) atoms. The molecule has 8 heteroatoms. The van der Waals surface area contributed by atoms with Crippen LogP contribution in [0.4, 0.5) is 4.39 Å². The Morgan fingerprint density at radius 2 is 1.83 bits per heavy atom. The number of benzene rings is 1. The van der Waals surface area contributed by atoms with Gasteiger partial charge in [0.15, 0.2) is 5.78 Å². The van der Waals surface area contributed by atoms with Crippen LogP contribution in [0.1, 0.15) is 48.9 Å². The average Bonchev–Trinajstić information content (AvgIpc) is 2.72. The second kappa shape index (κ2) is 11.0. The van der Waals surface area contributed by atoms with Gasteiger partial charge in [-0.15, -0.1) is 0 Å². The van der Waals surface area contributed by atoms with Crippen LogP contribution in [0.15, 0.2) is 47.3 Å². The lowest BCUT2D eigenvalue weighted by atomic mass is 9.93. The number of amides is 1. The Morgan fingerprint density at radius 1 is 1.13 bits per heavy atom. The Labute approximate surface area is 173 Å². The largest absolute Gasteiger partial charge is 0.481 e. The first-order valence-electron chi connectivity index (χ1n) is 9.72. The van der Waals surface area contributed by atoms with Crippen LogP contribution in [0.25, 0.3) is 0 Å². The smallest absolute Gasteiger partial charge is 0.305 e. The van der Waals surface area contributed by atoms with Gasteiger partial charge in [-0.3, -0.25) is 19.2 Å². The van der Waals surface area contributed by atoms with Gasteiger partial charge < -0.3 is 15.4 Å². The molecule has 1 heterocycles. The second-order valence-corrected chi connectivity index (χ2v) is 7.03. The number of hydrogen-bond acceptors (Lipinski definition) is 4. The lowest BCUT2D eigenvalue weighted by molar-refractivity contribution is -0.140. The number of halogens is 1. The molecule has 0 radical (unpaired) electrons. The van der Waals surface area contributed by atoms with Crippen molar-refractivity contribution in [2.24, 2.45) is 0 Å². The fraction of sp³-hybridized carbons (Fsp3) is 0.364. The van der Waals surface area contributed by atoms with Gasteiger partial charge in [0.1, 0.15) is 12.7 Å². The van der Waals surface area contributed by atoms with Crippen molar-refractivity contribution in [2.75, 3.05) is 6.67 Å².